The number of nitrogen functional groups attached to an aromatic ring is 1. The van der Waals surface area contributed by atoms with Gasteiger partial charge in [0.25, 0.3) is 0 Å². The van der Waals surface area contributed by atoms with Crippen LogP contribution in [-0.4, -0.2) is 77.7 Å². The Balaban J connectivity index is 1.03. The van der Waals surface area contributed by atoms with E-state index in [9.17, 15) is 28.3 Å². The molecule has 3 aromatic rings. The molecule has 5 rings (SSSR count). The average Bonchev–Trinajstić information content (AvgIpc) is 3.17. The number of rotatable bonds is 10. The van der Waals surface area contributed by atoms with Gasteiger partial charge in [-0.3, -0.25) is 9.36 Å². The lowest BCUT2D eigenvalue weighted by Crippen LogP contribution is -2.42. The fraction of sp³-hybridized carbons (Fsp3) is 0.333. The Morgan fingerprint density at radius 3 is 2.76 bits per heavy atom. The van der Waals surface area contributed by atoms with Crippen molar-refractivity contribution >= 4 is 40.3 Å². The maximum Gasteiger partial charge on any atom is 0.508 e. The predicted molar refractivity (Wildman–Crippen MR) is 142 cm³/mol. The molecule has 12 nitrogen and oxygen atoms in total. The summed E-state index contributed by atoms with van der Waals surface area (Å²) in [6, 6.07) is 10.7. The first-order valence-corrected chi connectivity index (χ1v) is 12.6. The first kappa shape index (κ1) is 28.1. The molecule has 1 aromatic heterocycles. The molecule has 0 unspecified atom stereocenters. The number of anilines is 2. The van der Waals surface area contributed by atoms with E-state index in [1.54, 1.807) is 6.08 Å². The number of allylic oxidation sites excluding steroid dienone is 1. The van der Waals surface area contributed by atoms with Crippen molar-refractivity contribution < 1.29 is 42.4 Å². The molecule has 0 amide bonds. The molecule has 3 atom stereocenters. The minimum atomic E-state index is -3.88. The van der Waals surface area contributed by atoms with Gasteiger partial charge in [-0.05, 0) is 29.2 Å². The molecule has 216 valence electrons. The van der Waals surface area contributed by atoms with E-state index in [-0.39, 0.29) is 31.4 Å². The molecule has 0 spiro atoms. The molecule has 2 aliphatic rings. The van der Waals surface area contributed by atoms with Crippen molar-refractivity contribution in [3.05, 3.63) is 70.3 Å². The number of aromatic nitrogens is 2. The van der Waals surface area contributed by atoms with Crippen LogP contribution in [0.25, 0.3) is 16.8 Å². The van der Waals surface area contributed by atoms with Crippen molar-refractivity contribution in [3.8, 4) is 0 Å². The minimum absolute atomic E-state index is 0.0168. The molecular weight excluding hydrogens is 546 g/mol. The summed E-state index contributed by atoms with van der Waals surface area (Å²) in [4.78, 5) is 39.7. The minimum Gasteiger partial charge on any atom is -0.432 e. The molecule has 1 fully saturated rings. The summed E-state index contributed by atoms with van der Waals surface area (Å²) in [6.07, 6.45) is -3.05. The number of benzene rings is 2. The van der Waals surface area contributed by atoms with Gasteiger partial charge in [-0.15, -0.1) is 0 Å². The number of nitrogens with zero attached hydrogens (tertiary/aromatic N) is 2. The summed E-state index contributed by atoms with van der Waals surface area (Å²) in [7, 11) is 0. The summed E-state index contributed by atoms with van der Waals surface area (Å²) < 4.78 is 49.8. The van der Waals surface area contributed by atoms with Crippen LogP contribution in [0.2, 0.25) is 0 Å². The number of halogens is 2. The average molecular weight is 573 g/mol. The fourth-order valence-electron chi connectivity index (χ4n) is 4.64. The van der Waals surface area contributed by atoms with E-state index in [1.807, 2.05) is 30.3 Å². The Hall–Kier alpha value is -4.40. The Kier molecular flexibility index (Phi) is 7.97. The summed E-state index contributed by atoms with van der Waals surface area (Å²) in [5.74, 6) is -4.13. The third-order valence-corrected chi connectivity index (χ3v) is 6.60. The van der Waals surface area contributed by atoms with Gasteiger partial charge in [-0.1, -0.05) is 30.3 Å². The van der Waals surface area contributed by atoms with E-state index in [4.69, 9.17) is 24.7 Å². The standard InChI is InChI=1S/C27H26F2N4O8/c28-27(29)23(35)19(41-24(27)33-10-8-20(30)32-25(33)36)14-40-26(37)39-13-12-38-11-9-31-17-6-4-15-2-1-3-16-5-7-18(34)22(17)21(15)16/h1-8,10,19,23-24,31,35H,9,11-14H2,(H2,30,32,36)/t19-,23+,24-/m1/s1. The van der Waals surface area contributed by atoms with Gasteiger partial charge < -0.3 is 35.1 Å². The van der Waals surface area contributed by atoms with Crippen LogP contribution in [-0.2, 0) is 18.9 Å². The van der Waals surface area contributed by atoms with Crippen molar-refractivity contribution in [2.75, 3.05) is 44.0 Å². The Morgan fingerprint density at radius 2 is 1.95 bits per heavy atom. The Bertz CT molecular complexity index is 1560. The van der Waals surface area contributed by atoms with Crippen LogP contribution in [0.4, 0.5) is 25.1 Å². The van der Waals surface area contributed by atoms with Crippen LogP contribution >= 0.6 is 0 Å². The largest absolute Gasteiger partial charge is 0.508 e. The number of aliphatic hydroxyl groups excluding tert-OH is 1. The number of aliphatic hydroxyl groups is 1. The van der Waals surface area contributed by atoms with Crippen molar-refractivity contribution in [2.45, 2.75) is 24.4 Å². The summed E-state index contributed by atoms with van der Waals surface area (Å²) >= 11 is 0. The van der Waals surface area contributed by atoms with Crippen LogP contribution in [0.1, 0.15) is 22.1 Å². The highest BCUT2D eigenvalue weighted by Crippen LogP contribution is 2.42. The quantitative estimate of drug-likeness (QED) is 0.241. The van der Waals surface area contributed by atoms with E-state index < -0.39 is 42.8 Å². The maximum absolute atomic E-state index is 14.5. The summed E-state index contributed by atoms with van der Waals surface area (Å²) in [5, 5.41) is 15.0. The number of hydrogen-bond donors (Lipinski definition) is 3. The van der Waals surface area contributed by atoms with Gasteiger partial charge in [0.15, 0.2) is 11.9 Å². The third kappa shape index (κ3) is 5.75. The number of carbonyl (C=O) groups excluding carboxylic acids is 2. The molecular formula is C27H26F2N4O8. The smallest absolute Gasteiger partial charge is 0.432 e. The highest BCUT2D eigenvalue weighted by molar-refractivity contribution is 6.23. The number of ether oxygens (including phenoxy) is 4. The molecule has 41 heavy (non-hydrogen) atoms. The Labute approximate surface area is 231 Å². The molecule has 2 heterocycles. The van der Waals surface area contributed by atoms with E-state index >= 15 is 0 Å². The van der Waals surface area contributed by atoms with Gasteiger partial charge in [0, 0.05) is 23.8 Å². The van der Waals surface area contributed by atoms with Gasteiger partial charge in [-0.25, -0.2) is 9.59 Å². The van der Waals surface area contributed by atoms with Gasteiger partial charge in [0.1, 0.15) is 25.1 Å². The van der Waals surface area contributed by atoms with Crippen molar-refractivity contribution in [1.29, 1.82) is 0 Å². The van der Waals surface area contributed by atoms with Gasteiger partial charge >= 0.3 is 17.8 Å². The first-order valence-electron chi connectivity index (χ1n) is 12.6. The second kappa shape index (κ2) is 11.6. The van der Waals surface area contributed by atoms with Gasteiger partial charge in [0.2, 0.25) is 6.23 Å². The number of ketones is 1. The summed E-state index contributed by atoms with van der Waals surface area (Å²) in [5.41, 5.74) is 6.53. The van der Waals surface area contributed by atoms with E-state index in [1.165, 1.54) is 6.08 Å². The fourth-order valence-corrected chi connectivity index (χ4v) is 4.64. The molecule has 4 N–H and O–H groups in total. The second-order valence-corrected chi connectivity index (χ2v) is 9.27. The SMILES string of the molecule is Nc1ccn([C@@H]2O[C@H](COC(=O)OCCOCCNc3ccc4cccc5c4c3C(=O)C=C5)[C@H](O)C2(F)F)c(=O)n1. The monoisotopic (exact) mass is 572 g/mol. The van der Waals surface area contributed by atoms with E-state index in [2.05, 4.69) is 10.3 Å². The molecule has 0 radical (unpaired) electrons. The Morgan fingerprint density at radius 1 is 1.12 bits per heavy atom. The molecule has 2 aromatic carbocycles. The van der Waals surface area contributed by atoms with E-state index in [0.717, 1.165) is 28.6 Å². The summed E-state index contributed by atoms with van der Waals surface area (Å²) in [6.45, 7) is -0.312. The van der Waals surface area contributed by atoms with Crippen molar-refractivity contribution in [2.24, 2.45) is 0 Å². The van der Waals surface area contributed by atoms with Crippen LogP contribution in [0.3, 0.4) is 0 Å². The van der Waals surface area contributed by atoms with Crippen LogP contribution in [0, 0.1) is 0 Å². The molecule has 1 saturated heterocycles. The number of nitrogens with one attached hydrogen (secondary N) is 1. The highest BCUT2D eigenvalue weighted by atomic mass is 19.3. The number of nitrogens with two attached hydrogens (primary N) is 1. The zero-order chi connectivity index (χ0) is 29.1. The van der Waals surface area contributed by atoms with Gasteiger partial charge in [0.05, 0.1) is 18.8 Å². The van der Waals surface area contributed by atoms with E-state index in [0.29, 0.717) is 22.4 Å². The molecule has 14 heteroatoms. The molecule has 0 saturated carbocycles. The zero-order valence-corrected chi connectivity index (χ0v) is 21.5. The lowest BCUT2D eigenvalue weighted by molar-refractivity contribution is -0.141. The van der Waals surface area contributed by atoms with Crippen molar-refractivity contribution in [3.63, 3.8) is 0 Å². The highest BCUT2D eigenvalue weighted by Gasteiger charge is 2.60. The lowest BCUT2D eigenvalue weighted by Gasteiger charge is -2.20. The molecule has 1 aliphatic heterocycles. The normalized spacial score (nSPS) is 20.8. The van der Waals surface area contributed by atoms with Gasteiger partial charge in [-0.2, -0.15) is 13.8 Å². The van der Waals surface area contributed by atoms with Crippen LogP contribution < -0.4 is 16.7 Å². The number of alkyl halides is 2. The van der Waals surface area contributed by atoms with Crippen LogP contribution in [0.5, 0.6) is 0 Å². The maximum atomic E-state index is 14.5. The molecule has 0 bridgehead atoms. The molecule has 1 aliphatic carbocycles. The zero-order valence-electron chi connectivity index (χ0n) is 21.5. The second-order valence-electron chi connectivity index (χ2n) is 9.27. The number of carbonyl (C=O) groups is 2. The number of hydrogen-bond acceptors (Lipinski definition) is 11. The van der Waals surface area contributed by atoms with Crippen molar-refractivity contribution in [1.82, 2.24) is 9.55 Å². The predicted octanol–water partition coefficient (Wildman–Crippen LogP) is 2.36. The van der Waals surface area contributed by atoms with Crippen LogP contribution in [0.15, 0.2) is 53.5 Å². The third-order valence-electron chi connectivity index (χ3n) is 6.60. The lowest BCUT2D eigenvalue weighted by atomic mass is 9.91. The topological polar surface area (TPSA) is 164 Å². The first-order chi connectivity index (χ1) is 19.7.